The molecule has 0 aliphatic carbocycles. The molecule has 3 unspecified atom stereocenters. The molecule has 0 aliphatic rings. The maximum absolute atomic E-state index is 13.1. The normalized spacial score (nSPS) is 14.1. The highest BCUT2D eigenvalue weighted by atomic mass is 16.4. The van der Waals surface area contributed by atoms with E-state index in [4.69, 9.17) is 5.73 Å². The fourth-order valence-electron chi connectivity index (χ4n) is 3.70. The molecular formula is C23H30N6O4. The summed E-state index contributed by atoms with van der Waals surface area (Å²) < 4.78 is 0. The molecule has 0 spiro atoms. The first kappa shape index (κ1) is 24.0. The molecule has 10 heteroatoms. The number of benzene rings is 1. The number of nitrogens with zero attached hydrogens (tertiary/aromatic N) is 1. The number of carboxylic acid groups (broad SMARTS) is 1. The number of aromatic amines is 2. The molecule has 2 heterocycles. The van der Waals surface area contributed by atoms with Crippen LogP contribution in [-0.4, -0.2) is 56.0 Å². The number of rotatable bonds is 11. The van der Waals surface area contributed by atoms with Gasteiger partial charge in [0.15, 0.2) is 0 Å². The summed E-state index contributed by atoms with van der Waals surface area (Å²) in [6.07, 6.45) is 5.52. The Balaban J connectivity index is 1.79. The predicted molar refractivity (Wildman–Crippen MR) is 123 cm³/mol. The molecule has 0 radical (unpaired) electrons. The summed E-state index contributed by atoms with van der Waals surface area (Å²) in [5, 5.41) is 15.7. The summed E-state index contributed by atoms with van der Waals surface area (Å²) >= 11 is 0. The van der Waals surface area contributed by atoms with E-state index in [2.05, 4.69) is 25.6 Å². The third-order valence-electron chi connectivity index (χ3n) is 5.39. The van der Waals surface area contributed by atoms with Crippen molar-refractivity contribution in [3.8, 4) is 0 Å². The van der Waals surface area contributed by atoms with Gasteiger partial charge in [0.1, 0.15) is 12.1 Å². The maximum Gasteiger partial charge on any atom is 0.326 e. The number of carbonyl (C=O) groups is 3. The van der Waals surface area contributed by atoms with E-state index in [1.807, 2.05) is 38.1 Å². The standard InChI is InChI=1S/C23H30N6O4/c1-13(2)7-20(23(32)33)29-22(31)19(8-14-10-26-18-6-4-3-5-16(14)18)28-21(30)17(24)9-15-11-25-12-27-15/h3-6,10-13,17,19-20,26H,7-9,24H2,1-2H3,(H,25,27)(H,28,30)(H,29,31)(H,32,33). The number of hydrogen-bond donors (Lipinski definition) is 6. The van der Waals surface area contributed by atoms with Gasteiger partial charge in [-0.15, -0.1) is 0 Å². The van der Waals surface area contributed by atoms with Gasteiger partial charge in [-0.3, -0.25) is 9.59 Å². The minimum atomic E-state index is -1.12. The Kier molecular flexibility index (Phi) is 7.83. The Morgan fingerprint density at radius 1 is 1.06 bits per heavy atom. The fraction of sp³-hybridized carbons (Fsp3) is 0.391. The number of para-hydroxylation sites is 1. The summed E-state index contributed by atoms with van der Waals surface area (Å²) in [6.45, 7) is 3.75. The van der Waals surface area contributed by atoms with Crippen molar-refractivity contribution in [2.24, 2.45) is 11.7 Å². The fourth-order valence-corrected chi connectivity index (χ4v) is 3.70. The van der Waals surface area contributed by atoms with Crippen LogP contribution in [0.3, 0.4) is 0 Å². The van der Waals surface area contributed by atoms with Gasteiger partial charge in [-0.05, 0) is 24.0 Å². The minimum Gasteiger partial charge on any atom is -0.480 e. The first-order chi connectivity index (χ1) is 15.7. The number of nitrogens with one attached hydrogen (secondary N) is 4. The lowest BCUT2D eigenvalue weighted by atomic mass is 10.0. The number of hydrogen-bond acceptors (Lipinski definition) is 5. The number of carboxylic acids is 1. The molecule has 0 bridgehead atoms. The molecule has 7 N–H and O–H groups in total. The van der Waals surface area contributed by atoms with Crippen LogP contribution in [0.15, 0.2) is 43.0 Å². The smallest absolute Gasteiger partial charge is 0.326 e. The van der Waals surface area contributed by atoms with E-state index in [9.17, 15) is 19.5 Å². The summed E-state index contributed by atoms with van der Waals surface area (Å²) in [5.74, 6) is -2.14. The van der Waals surface area contributed by atoms with Crippen LogP contribution in [0.4, 0.5) is 0 Å². The third-order valence-corrected chi connectivity index (χ3v) is 5.39. The van der Waals surface area contributed by atoms with Crippen LogP contribution in [0.1, 0.15) is 31.5 Å². The first-order valence-corrected chi connectivity index (χ1v) is 10.9. The van der Waals surface area contributed by atoms with Crippen LogP contribution in [0.5, 0.6) is 0 Å². The van der Waals surface area contributed by atoms with Crippen molar-refractivity contribution in [2.75, 3.05) is 0 Å². The van der Waals surface area contributed by atoms with Gasteiger partial charge in [0.05, 0.1) is 12.4 Å². The van der Waals surface area contributed by atoms with Crippen molar-refractivity contribution in [3.05, 3.63) is 54.2 Å². The van der Waals surface area contributed by atoms with Crippen molar-refractivity contribution < 1.29 is 19.5 Å². The second kappa shape index (κ2) is 10.8. The first-order valence-electron chi connectivity index (χ1n) is 10.9. The van der Waals surface area contributed by atoms with Crippen molar-refractivity contribution >= 4 is 28.7 Å². The van der Waals surface area contributed by atoms with Crippen LogP contribution >= 0.6 is 0 Å². The van der Waals surface area contributed by atoms with E-state index in [-0.39, 0.29) is 25.2 Å². The molecule has 176 valence electrons. The maximum atomic E-state index is 13.1. The molecule has 0 aliphatic heterocycles. The second-order valence-electron chi connectivity index (χ2n) is 8.54. The Labute approximate surface area is 191 Å². The number of aliphatic carboxylic acids is 1. The molecule has 0 saturated carbocycles. The average Bonchev–Trinajstić information content (AvgIpc) is 3.42. The van der Waals surface area contributed by atoms with Crippen LogP contribution in [0.25, 0.3) is 10.9 Å². The molecule has 33 heavy (non-hydrogen) atoms. The Bertz CT molecular complexity index is 1090. The molecule has 0 fully saturated rings. The second-order valence-corrected chi connectivity index (χ2v) is 8.54. The van der Waals surface area contributed by atoms with Gasteiger partial charge in [-0.2, -0.15) is 0 Å². The van der Waals surface area contributed by atoms with E-state index in [0.717, 1.165) is 16.5 Å². The average molecular weight is 455 g/mol. The van der Waals surface area contributed by atoms with Crippen LogP contribution in [0, 0.1) is 5.92 Å². The highest BCUT2D eigenvalue weighted by Crippen LogP contribution is 2.19. The molecule has 3 atom stereocenters. The molecule has 1 aromatic carbocycles. The number of imidazole rings is 1. The SMILES string of the molecule is CC(C)CC(NC(=O)C(Cc1c[nH]c2ccccc12)NC(=O)C(N)Cc1cnc[nH]1)C(=O)O. The van der Waals surface area contributed by atoms with Crippen molar-refractivity contribution in [3.63, 3.8) is 0 Å². The lowest BCUT2D eigenvalue weighted by molar-refractivity contribution is -0.142. The van der Waals surface area contributed by atoms with E-state index in [1.54, 1.807) is 12.4 Å². The molecule has 3 aromatic rings. The third kappa shape index (κ3) is 6.42. The van der Waals surface area contributed by atoms with Gasteiger partial charge in [0.25, 0.3) is 0 Å². The highest BCUT2D eigenvalue weighted by molar-refractivity contribution is 5.93. The zero-order chi connectivity index (χ0) is 24.0. The number of amides is 2. The highest BCUT2D eigenvalue weighted by Gasteiger charge is 2.29. The van der Waals surface area contributed by atoms with Crippen molar-refractivity contribution in [1.82, 2.24) is 25.6 Å². The Hall–Kier alpha value is -3.66. The topological polar surface area (TPSA) is 166 Å². The monoisotopic (exact) mass is 454 g/mol. The van der Waals surface area contributed by atoms with Crippen molar-refractivity contribution in [2.45, 2.75) is 51.2 Å². The number of carbonyl (C=O) groups excluding carboxylic acids is 2. The molecule has 3 rings (SSSR count). The molecule has 2 aromatic heterocycles. The van der Waals surface area contributed by atoms with E-state index >= 15 is 0 Å². The van der Waals surface area contributed by atoms with E-state index in [0.29, 0.717) is 5.69 Å². The van der Waals surface area contributed by atoms with E-state index in [1.165, 1.54) is 6.33 Å². The number of aromatic nitrogens is 3. The van der Waals surface area contributed by atoms with Gasteiger partial charge in [0.2, 0.25) is 11.8 Å². The molecule has 10 nitrogen and oxygen atoms in total. The molecular weight excluding hydrogens is 424 g/mol. The van der Waals surface area contributed by atoms with Gasteiger partial charge < -0.3 is 31.4 Å². The van der Waals surface area contributed by atoms with Gasteiger partial charge in [-0.25, -0.2) is 9.78 Å². The predicted octanol–water partition coefficient (Wildman–Crippen LogP) is 1.10. The number of fused-ring (bicyclic) bond motifs is 1. The zero-order valence-electron chi connectivity index (χ0n) is 18.7. The lowest BCUT2D eigenvalue weighted by Crippen LogP contribution is -2.55. The Morgan fingerprint density at radius 2 is 1.79 bits per heavy atom. The summed E-state index contributed by atoms with van der Waals surface area (Å²) in [5.41, 5.74) is 8.46. The van der Waals surface area contributed by atoms with Crippen molar-refractivity contribution in [1.29, 1.82) is 0 Å². The van der Waals surface area contributed by atoms with Gasteiger partial charge in [-0.1, -0.05) is 32.0 Å². The van der Waals surface area contributed by atoms with Gasteiger partial charge in [0, 0.05) is 41.8 Å². The van der Waals surface area contributed by atoms with Crippen LogP contribution in [0.2, 0.25) is 0 Å². The number of H-pyrrole nitrogens is 2. The van der Waals surface area contributed by atoms with Crippen LogP contribution in [-0.2, 0) is 27.2 Å². The summed E-state index contributed by atoms with van der Waals surface area (Å²) in [6, 6.07) is 4.64. The lowest BCUT2D eigenvalue weighted by Gasteiger charge is -2.23. The number of nitrogens with two attached hydrogens (primary N) is 1. The van der Waals surface area contributed by atoms with Crippen LogP contribution < -0.4 is 16.4 Å². The zero-order valence-corrected chi connectivity index (χ0v) is 18.7. The molecule has 2 amide bonds. The van der Waals surface area contributed by atoms with E-state index < -0.39 is 35.9 Å². The summed E-state index contributed by atoms with van der Waals surface area (Å²) in [4.78, 5) is 47.5. The summed E-state index contributed by atoms with van der Waals surface area (Å²) in [7, 11) is 0. The molecule has 0 saturated heterocycles. The largest absolute Gasteiger partial charge is 0.480 e. The quantitative estimate of drug-likeness (QED) is 0.254. The minimum absolute atomic E-state index is 0.0656. The van der Waals surface area contributed by atoms with Gasteiger partial charge >= 0.3 is 5.97 Å². The Morgan fingerprint density at radius 3 is 2.45 bits per heavy atom.